The zero-order chi connectivity index (χ0) is 14.3. The molecular formula is C13H16ClN3O2. The first-order valence-corrected chi connectivity index (χ1v) is 6.16. The highest BCUT2D eigenvalue weighted by molar-refractivity contribution is 6.30. The molecule has 0 unspecified atom stereocenters. The predicted molar refractivity (Wildman–Crippen MR) is 74.8 cm³/mol. The highest BCUT2D eigenvalue weighted by Crippen LogP contribution is 2.09. The maximum absolute atomic E-state index is 11.6. The second-order valence-electron chi connectivity index (χ2n) is 4.10. The Morgan fingerprint density at radius 1 is 1.21 bits per heavy atom. The molecule has 0 fully saturated rings. The minimum atomic E-state index is -0.263. The first-order chi connectivity index (χ1) is 8.97. The van der Waals surface area contributed by atoms with Gasteiger partial charge in [-0.2, -0.15) is 5.10 Å². The van der Waals surface area contributed by atoms with Gasteiger partial charge in [-0.15, -0.1) is 0 Å². The van der Waals surface area contributed by atoms with Crippen molar-refractivity contribution in [1.29, 1.82) is 0 Å². The molecule has 0 spiro atoms. The van der Waals surface area contributed by atoms with Crippen LogP contribution in [0.1, 0.15) is 25.8 Å². The van der Waals surface area contributed by atoms with Gasteiger partial charge in [0.1, 0.15) is 0 Å². The zero-order valence-electron chi connectivity index (χ0n) is 10.9. The second kappa shape index (κ2) is 7.53. The third kappa shape index (κ3) is 6.57. The number of benzene rings is 1. The molecule has 0 heterocycles. The van der Waals surface area contributed by atoms with E-state index in [1.807, 2.05) is 12.1 Å². The van der Waals surface area contributed by atoms with E-state index in [4.69, 9.17) is 11.6 Å². The van der Waals surface area contributed by atoms with Crippen LogP contribution in [0.2, 0.25) is 5.02 Å². The van der Waals surface area contributed by atoms with Crippen molar-refractivity contribution in [3.05, 3.63) is 34.9 Å². The van der Waals surface area contributed by atoms with Crippen LogP contribution in [-0.2, 0) is 16.1 Å². The van der Waals surface area contributed by atoms with Crippen LogP contribution in [-0.4, -0.2) is 17.5 Å². The van der Waals surface area contributed by atoms with E-state index in [2.05, 4.69) is 15.8 Å². The molecule has 2 amide bonds. The van der Waals surface area contributed by atoms with E-state index in [0.29, 0.717) is 17.3 Å². The van der Waals surface area contributed by atoms with E-state index < -0.39 is 0 Å². The molecule has 0 aromatic heterocycles. The van der Waals surface area contributed by atoms with Crippen molar-refractivity contribution >= 4 is 29.1 Å². The normalized spacial score (nSPS) is 11.0. The molecule has 5 nitrogen and oxygen atoms in total. The molecule has 0 saturated carbocycles. The Bertz CT molecular complexity index is 483. The van der Waals surface area contributed by atoms with Crippen molar-refractivity contribution in [3.63, 3.8) is 0 Å². The molecule has 0 aliphatic rings. The number of halogens is 1. The number of carbonyl (C=O) groups is 2. The van der Waals surface area contributed by atoms with E-state index in [1.54, 1.807) is 19.1 Å². The summed E-state index contributed by atoms with van der Waals surface area (Å²) < 4.78 is 0. The number of carbonyl (C=O) groups excluding carboxylic acids is 2. The maximum Gasteiger partial charge on any atom is 0.236 e. The summed E-state index contributed by atoms with van der Waals surface area (Å²) in [5.74, 6) is -0.414. The first-order valence-electron chi connectivity index (χ1n) is 5.78. The van der Waals surface area contributed by atoms with Gasteiger partial charge in [-0.05, 0) is 24.6 Å². The molecule has 0 atom stereocenters. The minimum absolute atomic E-state index is 0.147. The molecule has 1 rings (SSSR count). The lowest BCUT2D eigenvalue weighted by Gasteiger charge is -2.05. The summed E-state index contributed by atoms with van der Waals surface area (Å²) in [6.45, 7) is 3.47. The molecular weight excluding hydrogens is 266 g/mol. The van der Waals surface area contributed by atoms with Crippen molar-refractivity contribution < 1.29 is 9.59 Å². The van der Waals surface area contributed by atoms with E-state index in [0.717, 1.165) is 5.56 Å². The summed E-state index contributed by atoms with van der Waals surface area (Å²) >= 11 is 5.77. The molecule has 0 aliphatic heterocycles. The van der Waals surface area contributed by atoms with Crippen LogP contribution in [0.25, 0.3) is 0 Å². The van der Waals surface area contributed by atoms with Crippen LogP contribution >= 0.6 is 11.6 Å². The Morgan fingerprint density at radius 3 is 2.42 bits per heavy atom. The number of hydrogen-bond acceptors (Lipinski definition) is 3. The summed E-state index contributed by atoms with van der Waals surface area (Å²) in [7, 11) is 0. The van der Waals surface area contributed by atoms with Crippen LogP contribution in [0.4, 0.5) is 0 Å². The number of amides is 2. The summed E-state index contributed by atoms with van der Waals surface area (Å²) in [5, 5.41) is 7.19. The lowest BCUT2D eigenvalue weighted by molar-refractivity contribution is -0.120. The molecule has 6 heteroatoms. The van der Waals surface area contributed by atoms with Gasteiger partial charge in [0, 0.05) is 24.2 Å². The zero-order valence-corrected chi connectivity index (χ0v) is 11.6. The van der Waals surface area contributed by atoms with Gasteiger partial charge in [-0.1, -0.05) is 23.7 Å². The Kier molecular flexibility index (Phi) is 6.02. The van der Waals surface area contributed by atoms with E-state index >= 15 is 0 Å². The fourth-order valence-electron chi connectivity index (χ4n) is 1.31. The standard InChI is InChI=1S/C13H16ClN3O2/c1-9(16-17-10(2)18)7-13(19)15-8-11-3-5-12(14)6-4-11/h3-6H,7-8H2,1-2H3,(H,15,19)(H,17,18)/b16-9+. The van der Waals surface area contributed by atoms with Crippen LogP contribution < -0.4 is 10.7 Å². The van der Waals surface area contributed by atoms with Crippen LogP contribution in [0.5, 0.6) is 0 Å². The lowest BCUT2D eigenvalue weighted by atomic mass is 10.2. The number of rotatable bonds is 5. The van der Waals surface area contributed by atoms with Crippen molar-refractivity contribution in [2.75, 3.05) is 0 Å². The molecule has 0 radical (unpaired) electrons. The van der Waals surface area contributed by atoms with Gasteiger partial charge in [0.2, 0.25) is 11.8 Å². The van der Waals surface area contributed by atoms with Gasteiger partial charge in [0.05, 0.1) is 6.42 Å². The Labute approximate surface area is 117 Å². The molecule has 1 aromatic rings. The molecule has 102 valence electrons. The molecule has 0 bridgehead atoms. The summed E-state index contributed by atoms with van der Waals surface area (Å²) in [6.07, 6.45) is 0.147. The molecule has 1 aromatic carbocycles. The van der Waals surface area contributed by atoms with Gasteiger partial charge in [0.25, 0.3) is 0 Å². The SMILES string of the molecule is CC(=O)N/N=C(\C)CC(=O)NCc1ccc(Cl)cc1. The van der Waals surface area contributed by atoms with Gasteiger partial charge in [-0.3, -0.25) is 9.59 Å². The van der Waals surface area contributed by atoms with Crippen LogP contribution in [0.15, 0.2) is 29.4 Å². The van der Waals surface area contributed by atoms with Gasteiger partial charge in [0.15, 0.2) is 0 Å². The highest BCUT2D eigenvalue weighted by Gasteiger charge is 2.04. The smallest absolute Gasteiger partial charge is 0.236 e. The molecule has 0 aliphatic carbocycles. The van der Waals surface area contributed by atoms with Crippen molar-refractivity contribution in [2.45, 2.75) is 26.8 Å². The Balaban J connectivity index is 2.37. The third-order valence-electron chi connectivity index (χ3n) is 2.22. The van der Waals surface area contributed by atoms with E-state index in [9.17, 15) is 9.59 Å². The minimum Gasteiger partial charge on any atom is -0.352 e. The highest BCUT2D eigenvalue weighted by atomic mass is 35.5. The van der Waals surface area contributed by atoms with Crippen molar-refractivity contribution in [3.8, 4) is 0 Å². The summed E-state index contributed by atoms with van der Waals surface area (Å²) in [4.78, 5) is 22.3. The van der Waals surface area contributed by atoms with Crippen molar-refractivity contribution in [1.82, 2.24) is 10.7 Å². The average Bonchev–Trinajstić information content (AvgIpc) is 2.36. The van der Waals surface area contributed by atoms with E-state index in [-0.39, 0.29) is 18.2 Å². The van der Waals surface area contributed by atoms with Crippen LogP contribution in [0, 0.1) is 0 Å². The number of nitrogens with one attached hydrogen (secondary N) is 2. The second-order valence-corrected chi connectivity index (χ2v) is 4.53. The third-order valence-corrected chi connectivity index (χ3v) is 2.48. The van der Waals surface area contributed by atoms with E-state index in [1.165, 1.54) is 6.92 Å². The predicted octanol–water partition coefficient (Wildman–Crippen LogP) is 1.86. The number of nitrogens with zero attached hydrogens (tertiary/aromatic N) is 1. The summed E-state index contributed by atoms with van der Waals surface area (Å²) in [5.41, 5.74) is 3.80. The lowest BCUT2D eigenvalue weighted by Crippen LogP contribution is -2.25. The van der Waals surface area contributed by atoms with Gasteiger partial charge in [-0.25, -0.2) is 5.43 Å². The number of hydrazone groups is 1. The van der Waals surface area contributed by atoms with Crippen LogP contribution in [0.3, 0.4) is 0 Å². The fraction of sp³-hybridized carbons (Fsp3) is 0.308. The summed E-state index contributed by atoms with van der Waals surface area (Å²) in [6, 6.07) is 7.24. The largest absolute Gasteiger partial charge is 0.352 e. The fourth-order valence-corrected chi connectivity index (χ4v) is 1.44. The first kappa shape index (κ1) is 15.2. The van der Waals surface area contributed by atoms with Gasteiger partial charge < -0.3 is 5.32 Å². The van der Waals surface area contributed by atoms with Gasteiger partial charge >= 0.3 is 0 Å². The molecule has 0 saturated heterocycles. The Morgan fingerprint density at radius 2 is 1.84 bits per heavy atom. The monoisotopic (exact) mass is 281 g/mol. The topological polar surface area (TPSA) is 70.6 Å². The molecule has 2 N–H and O–H groups in total. The molecule has 19 heavy (non-hydrogen) atoms. The quantitative estimate of drug-likeness (QED) is 0.639. The maximum atomic E-state index is 11.6. The van der Waals surface area contributed by atoms with Crippen molar-refractivity contribution in [2.24, 2.45) is 5.10 Å². The Hall–Kier alpha value is -1.88. The number of hydrogen-bond donors (Lipinski definition) is 2. The average molecular weight is 282 g/mol.